The molecule has 0 fully saturated rings. The fourth-order valence-corrected chi connectivity index (χ4v) is 2.27. The molecule has 3 nitrogen and oxygen atoms in total. The van der Waals surface area contributed by atoms with Crippen LogP contribution in [0.5, 0.6) is 5.75 Å². The molecule has 1 heterocycles. The van der Waals surface area contributed by atoms with Gasteiger partial charge in [0, 0.05) is 6.20 Å². The van der Waals surface area contributed by atoms with Crippen LogP contribution in [0.25, 0.3) is 0 Å². The summed E-state index contributed by atoms with van der Waals surface area (Å²) in [6.07, 6.45) is 2.88. The number of benzene rings is 1. The van der Waals surface area contributed by atoms with Crippen LogP contribution >= 0.6 is 11.3 Å². The third-order valence-corrected chi connectivity index (χ3v) is 3.52. The molecule has 1 unspecified atom stereocenters. The maximum Gasteiger partial charge on any atom is 0.118 e. The Kier molecular flexibility index (Phi) is 4.12. The van der Waals surface area contributed by atoms with Crippen LogP contribution in [0.3, 0.4) is 0 Å². The third-order valence-electron chi connectivity index (χ3n) is 2.65. The van der Waals surface area contributed by atoms with Crippen LogP contribution in [0.2, 0.25) is 0 Å². The third kappa shape index (κ3) is 3.28. The summed E-state index contributed by atoms with van der Waals surface area (Å²) < 4.78 is 5.10. The van der Waals surface area contributed by atoms with E-state index in [-0.39, 0.29) is 0 Å². The van der Waals surface area contributed by atoms with E-state index in [0.717, 1.165) is 17.0 Å². The standard InChI is InChI=1S/C13H15NO2S/c1-16-11-5-2-10(3-6-11)4-7-12(15)13-8-14-9-17-13/h2-3,5-6,8-9,12,15H,4,7H2,1H3. The van der Waals surface area contributed by atoms with Gasteiger partial charge < -0.3 is 9.84 Å². The predicted octanol–water partition coefficient (Wildman–Crippen LogP) is 2.82. The van der Waals surface area contributed by atoms with Crippen LogP contribution in [0.1, 0.15) is 23.0 Å². The summed E-state index contributed by atoms with van der Waals surface area (Å²) in [7, 11) is 1.66. The number of aliphatic hydroxyl groups is 1. The zero-order chi connectivity index (χ0) is 12.1. The zero-order valence-corrected chi connectivity index (χ0v) is 10.5. The number of aromatic nitrogens is 1. The fraction of sp³-hybridized carbons (Fsp3) is 0.308. The van der Waals surface area contributed by atoms with Gasteiger partial charge in [0.1, 0.15) is 5.75 Å². The summed E-state index contributed by atoms with van der Waals surface area (Å²) >= 11 is 1.49. The molecule has 0 radical (unpaired) electrons. The molecule has 1 aromatic carbocycles. The molecule has 17 heavy (non-hydrogen) atoms. The van der Waals surface area contributed by atoms with Gasteiger partial charge in [-0.05, 0) is 30.5 Å². The van der Waals surface area contributed by atoms with E-state index in [0.29, 0.717) is 6.42 Å². The molecule has 90 valence electrons. The predicted molar refractivity (Wildman–Crippen MR) is 68.4 cm³/mol. The van der Waals surface area contributed by atoms with Gasteiger partial charge in [-0.3, -0.25) is 4.98 Å². The van der Waals surface area contributed by atoms with Gasteiger partial charge in [-0.25, -0.2) is 0 Å². The molecule has 1 N–H and O–H groups in total. The second kappa shape index (κ2) is 5.80. The van der Waals surface area contributed by atoms with E-state index in [1.165, 1.54) is 16.9 Å². The Balaban J connectivity index is 1.89. The summed E-state index contributed by atoms with van der Waals surface area (Å²) in [6, 6.07) is 7.93. The van der Waals surface area contributed by atoms with Crippen LogP contribution in [0.4, 0.5) is 0 Å². The highest BCUT2D eigenvalue weighted by Gasteiger charge is 2.09. The first kappa shape index (κ1) is 12.1. The molecule has 4 heteroatoms. The van der Waals surface area contributed by atoms with Crippen molar-refractivity contribution in [2.75, 3.05) is 7.11 Å². The lowest BCUT2D eigenvalue weighted by Gasteiger charge is -2.08. The van der Waals surface area contributed by atoms with E-state index >= 15 is 0 Å². The zero-order valence-electron chi connectivity index (χ0n) is 9.67. The van der Waals surface area contributed by atoms with Gasteiger partial charge in [-0.15, -0.1) is 11.3 Å². The quantitative estimate of drug-likeness (QED) is 0.886. The molecule has 0 spiro atoms. The van der Waals surface area contributed by atoms with Crippen molar-refractivity contribution in [2.45, 2.75) is 18.9 Å². The van der Waals surface area contributed by atoms with Crippen LogP contribution in [-0.2, 0) is 6.42 Å². The number of rotatable bonds is 5. The van der Waals surface area contributed by atoms with E-state index in [9.17, 15) is 5.11 Å². The first-order valence-electron chi connectivity index (χ1n) is 5.49. The summed E-state index contributed by atoms with van der Waals surface area (Å²) in [6.45, 7) is 0. The number of methoxy groups -OCH3 is 1. The van der Waals surface area contributed by atoms with E-state index in [2.05, 4.69) is 4.98 Å². The monoisotopic (exact) mass is 249 g/mol. The average Bonchev–Trinajstić information content (AvgIpc) is 2.90. The lowest BCUT2D eigenvalue weighted by Crippen LogP contribution is -1.97. The van der Waals surface area contributed by atoms with E-state index in [1.807, 2.05) is 24.3 Å². The van der Waals surface area contributed by atoms with Crippen molar-refractivity contribution in [3.05, 3.63) is 46.4 Å². The van der Waals surface area contributed by atoms with Crippen LogP contribution in [0.15, 0.2) is 36.0 Å². The SMILES string of the molecule is COc1ccc(CCC(O)c2cncs2)cc1. The lowest BCUT2D eigenvalue weighted by atomic mass is 10.1. The van der Waals surface area contributed by atoms with Crippen molar-refractivity contribution < 1.29 is 9.84 Å². The molecule has 2 aromatic rings. The highest BCUT2D eigenvalue weighted by Crippen LogP contribution is 2.22. The van der Waals surface area contributed by atoms with Crippen molar-refractivity contribution in [3.63, 3.8) is 0 Å². The summed E-state index contributed by atoms with van der Waals surface area (Å²) in [5.41, 5.74) is 2.95. The lowest BCUT2D eigenvalue weighted by molar-refractivity contribution is 0.171. The van der Waals surface area contributed by atoms with E-state index in [4.69, 9.17) is 4.74 Å². The molecule has 2 rings (SSSR count). The highest BCUT2D eigenvalue weighted by atomic mass is 32.1. The van der Waals surface area contributed by atoms with Crippen molar-refractivity contribution in [1.82, 2.24) is 4.98 Å². The Morgan fingerprint density at radius 2 is 2.12 bits per heavy atom. The number of aryl methyl sites for hydroxylation is 1. The normalized spacial score (nSPS) is 12.4. The topological polar surface area (TPSA) is 42.4 Å². The van der Waals surface area contributed by atoms with E-state index in [1.54, 1.807) is 18.8 Å². The molecule has 0 saturated carbocycles. The molecule has 0 aliphatic rings. The number of aliphatic hydroxyl groups excluding tert-OH is 1. The summed E-state index contributed by atoms with van der Waals surface area (Å²) in [4.78, 5) is 4.89. The van der Waals surface area contributed by atoms with Gasteiger partial charge in [-0.1, -0.05) is 12.1 Å². The van der Waals surface area contributed by atoms with Crippen molar-refractivity contribution >= 4 is 11.3 Å². The molecule has 0 aliphatic heterocycles. The highest BCUT2D eigenvalue weighted by molar-refractivity contribution is 7.09. The van der Waals surface area contributed by atoms with Gasteiger partial charge >= 0.3 is 0 Å². The number of ether oxygens (including phenoxy) is 1. The molecule has 1 atom stereocenters. The maximum absolute atomic E-state index is 9.92. The van der Waals surface area contributed by atoms with Gasteiger partial charge in [-0.2, -0.15) is 0 Å². The molecular weight excluding hydrogens is 234 g/mol. The van der Waals surface area contributed by atoms with Crippen LogP contribution in [0, 0.1) is 0 Å². The molecule has 1 aromatic heterocycles. The van der Waals surface area contributed by atoms with Crippen molar-refractivity contribution in [1.29, 1.82) is 0 Å². The Labute approximate surface area is 105 Å². The Morgan fingerprint density at radius 1 is 1.35 bits per heavy atom. The molecule has 0 saturated heterocycles. The van der Waals surface area contributed by atoms with Crippen molar-refractivity contribution in [3.8, 4) is 5.75 Å². The van der Waals surface area contributed by atoms with Crippen LogP contribution < -0.4 is 4.74 Å². The summed E-state index contributed by atoms with van der Waals surface area (Å²) in [5, 5.41) is 9.92. The van der Waals surface area contributed by atoms with Gasteiger partial charge in [0.05, 0.1) is 23.6 Å². The first-order chi connectivity index (χ1) is 8.29. The Morgan fingerprint density at radius 3 is 2.71 bits per heavy atom. The second-order valence-corrected chi connectivity index (χ2v) is 4.72. The largest absolute Gasteiger partial charge is 0.497 e. The second-order valence-electron chi connectivity index (χ2n) is 3.81. The smallest absolute Gasteiger partial charge is 0.118 e. The number of hydrogen-bond acceptors (Lipinski definition) is 4. The molecule has 0 amide bonds. The Bertz CT molecular complexity index is 439. The Hall–Kier alpha value is -1.39. The fourth-order valence-electron chi connectivity index (χ4n) is 1.63. The molecular formula is C13H15NO2S. The minimum absolute atomic E-state index is 0.412. The average molecular weight is 249 g/mol. The van der Waals surface area contributed by atoms with Gasteiger partial charge in [0.2, 0.25) is 0 Å². The minimum atomic E-state index is -0.412. The minimum Gasteiger partial charge on any atom is -0.497 e. The molecule has 0 aliphatic carbocycles. The van der Waals surface area contributed by atoms with Crippen LogP contribution in [-0.4, -0.2) is 17.2 Å². The summed E-state index contributed by atoms with van der Waals surface area (Å²) in [5.74, 6) is 0.858. The number of nitrogens with zero attached hydrogens (tertiary/aromatic N) is 1. The van der Waals surface area contributed by atoms with Gasteiger partial charge in [0.25, 0.3) is 0 Å². The number of thiazole rings is 1. The van der Waals surface area contributed by atoms with E-state index < -0.39 is 6.10 Å². The van der Waals surface area contributed by atoms with Gasteiger partial charge in [0.15, 0.2) is 0 Å². The van der Waals surface area contributed by atoms with Crippen molar-refractivity contribution in [2.24, 2.45) is 0 Å². The maximum atomic E-state index is 9.92. The first-order valence-corrected chi connectivity index (χ1v) is 6.37. The molecule has 0 bridgehead atoms. The number of hydrogen-bond donors (Lipinski definition) is 1.